The van der Waals surface area contributed by atoms with Crippen molar-refractivity contribution in [2.24, 2.45) is 0 Å². The van der Waals surface area contributed by atoms with Crippen LogP contribution in [0.5, 0.6) is 0 Å². The Morgan fingerprint density at radius 3 is 2.87 bits per heavy atom. The van der Waals surface area contributed by atoms with E-state index >= 15 is 0 Å². The maximum atomic E-state index is 12.9. The Bertz CT molecular complexity index is 731. The molecule has 1 aliphatic rings. The van der Waals surface area contributed by atoms with E-state index in [4.69, 9.17) is 23.2 Å². The number of aromatic nitrogens is 1. The van der Waals surface area contributed by atoms with Gasteiger partial charge in [0.2, 0.25) is 5.91 Å². The lowest BCUT2D eigenvalue weighted by atomic mass is 10.1. The molecule has 6 heteroatoms. The zero-order valence-corrected chi connectivity index (χ0v) is 15.3. The largest absolute Gasteiger partial charge is 0.348 e. The summed E-state index contributed by atoms with van der Waals surface area (Å²) in [6, 6.07) is 9.52. The summed E-state index contributed by atoms with van der Waals surface area (Å²) >= 11 is 13.7. The molecule has 0 aliphatic carbocycles. The van der Waals surface area contributed by atoms with Crippen LogP contribution in [-0.4, -0.2) is 27.2 Å². The molecule has 2 atom stereocenters. The first kappa shape index (κ1) is 16.7. The molecule has 3 nitrogen and oxygen atoms in total. The summed E-state index contributed by atoms with van der Waals surface area (Å²) in [5, 5.41) is 1.04. The molecule has 2 heterocycles. The van der Waals surface area contributed by atoms with Crippen LogP contribution in [0, 0.1) is 0 Å². The third-order valence-electron chi connectivity index (χ3n) is 4.17. The van der Waals surface area contributed by atoms with E-state index in [1.165, 1.54) is 17.5 Å². The third-order valence-corrected chi connectivity index (χ3v) is 5.99. The van der Waals surface area contributed by atoms with Gasteiger partial charge in [-0.25, -0.2) is 0 Å². The van der Waals surface area contributed by atoms with E-state index in [0.717, 1.165) is 18.0 Å². The minimum absolute atomic E-state index is 0.0872. The molecule has 1 aliphatic heterocycles. The van der Waals surface area contributed by atoms with Gasteiger partial charge in [0.1, 0.15) is 0 Å². The number of rotatable bonds is 3. The number of halogens is 2. The van der Waals surface area contributed by atoms with Crippen LogP contribution in [0.2, 0.25) is 10.0 Å². The summed E-state index contributed by atoms with van der Waals surface area (Å²) in [4.78, 5) is 15.7. The molecule has 0 fully saturated rings. The number of thioether (sulfide) groups is 1. The van der Waals surface area contributed by atoms with Crippen LogP contribution >= 0.6 is 35.0 Å². The minimum Gasteiger partial charge on any atom is -0.348 e. The van der Waals surface area contributed by atoms with Crippen molar-refractivity contribution < 1.29 is 4.79 Å². The van der Waals surface area contributed by atoms with Gasteiger partial charge in [0, 0.05) is 34.9 Å². The number of benzene rings is 1. The normalized spacial score (nSPS) is 18.6. The number of hydrogen-bond donors (Lipinski definition) is 0. The van der Waals surface area contributed by atoms with Crippen molar-refractivity contribution in [2.45, 2.75) is 36.6 Å². The monoisotopic (exact) mass is 368 g/mol. The van der Waals surface area contributed by atoms with Crippen molar-refractivity contribution in [3.63, 3.8) is 0 Å². The molecule has 1 amide bonds. The van der Waals surface area contributed by atoms with Crippen molar-refractivity contribution in [1.29, 1.82) is 0 Å². The number of carbonyl (C=O) groups is 1. The number of carbonyl (C=O) groups excluding carboxylic acids is 1. The van der Waals surface area contributed by atoms with E-state index < -0.39 is 0 Å². The number of fused-ring (bicyclic) bond motifs is 1. The van der Waals surface area contributed by atoms with E-state index in [9.17, 15) is 4.79 Å². The molecule has 122 valence electrons. The van der Waals surface area contributed by atoms with Crippen LogP contribution in [0.1, 0.15) is 25.6 Å². The molecule has 1 aromatic carbocycles. The van der Waals surface area contributed by atoms with Gasteiger partial charge in [-0.05, 0) is 44.2 Å². The van der Waals surface area contributed by atoms with Gasteiger partial charge in [0.15, 0.2) is 0 Å². The Kier molecular flexibility index (Phi) is 4.95. The van der Waals surface area contributed by atoms with Crippen LogP contribution in [-0.2, 0) is 11.3 Å². The van der Waals surface area contributed by atoms with Gasteiger partial charge >= 0.3 is 0 Å². The van der Waals surface area contributed by atoms with Crippen molar-refractivity contribution in [1.82, 2.24) is 9.47 Å². The molecule has 0 bridgehead atoms. The van der Waals surface area contributed by atoms with Gasteiger partial charge in [-0.2, -0.15) is 0 Å². The molecule has 0 saturated carbocycles. The first-order valence-corrected chi connectivity index (χ1v) is 9.18. The highest BCUT2D eigenvalue weighted by atomic mass is 35.5. The lowest BCUT2D eigenvalue weighted by molar-refractivity contribution is -0.133. The Morgan fingerprint density at radius 1 is 1.30 bits per heavy atom. The maximum absolute atomic E-state index is 12.9. The van der Waals surface area contributed by atoms with E-state index in [-0.39, 0.29) is 17.2 Å². The molecule has 3 rings (SSSR count). The molecule has 23 heavy (non-hydrogen) atoms. The lowest BCUT2D eigenvalue weighted by Crippen LogP contribution is -2.44. The molecule has 0 radical (unpaired) electrons. The van der Waals surface area contributed by atoms with Crippen LogP contribution in [0.25, 0.3) is 0 Å². The average molecular weight is 369 g/mol. The van der Waals surface area contributed by atoms with Gasteiger partial charge in [0.05, 0.1) is 16.3 Å². The van der Waals surface area contributed by atoms with E-state index in [1.54, 1.807) is 12.1 Å². The highest BCUT2D eigenvalue weighted by Gasteiger charge is 2.30. The Hall–Kier alpha value is -1.10. The summed E-state index contributed by atoms with van der Waals surface area (Å²) in [5.74, 6) is 0.131. The molecule has 0 N–H and O–H groups in total. The quantitative estimate of drug-likeness (QED) is 0.721. The lowest BCUT2D eigenvalue weighted by Gasteiger charge is -2.36. The molecule has 0 spiro atoms. The summed E-state index contributed by atoms with van der Waals surface area (Å²) < 4.78 is 2.21. The second-order valence-corrected chi connectivity index (χ2v) is 7.90. The summed E-state index contributed by atoms with van der Waals surface area (Å²) in [5.41, 5.74) is 1.18. The highest BCUT2D eigenvalue weighted by Crippen LogP contribution is 2.35. The Labute approximate surface area is 150 Å². The minimum atomic E-state index is -0.213. The first-order valence-electron chi connectivity index (χ1n) is 7.54. The number of amides is 1. The predicted octanol–water partition coefficient (Wildman–Crippen LogP) is 4.88. The first-order chi connectivity index (χ1) is 11.0. The van der Waals surface area contributed by atoms with E-state index in [1.807, 2.05) is 24.0 Å². The Morgan fingerprint density at radius 2 is 2.09 bits per heavy atom. The molecule has 2 aromatic rings. The maximum Gasteiger partial charge on any atom is 0.236 e. The van der Waals surface area contributed by atoms with Gasteiger partial charge in [-0.3, -0.25) is 4.79 Å². The van der Waals surface area contributed by atoms with Crippen LogP contribution in [0.15, 0.2) is 41.4 Å². The smallest absolute Gasteiger partial charge is 0.236 e. The van der Waals surface area contributed by atoms with Crippen molar-refractivity contribution in [3.8, 4) is 0 Å². The fraction of sp³-hybridized carbons (Fsp3) is 0.353. The van der Waals surface area contributed by atoms with E-state index in [2.05, 4.69) is 23.8 Å². The van der Waals surface area contributed by atoms with E-state index in [0.29, 0.717) is 10.0 Å². The SMILES string of the molecule is CC(Sc1cc(Cl)ccc1Cl)C(=O)N1CCn2cccc2C1C. The van der Waals surface area contributed by atoms with Gasteiger partial charge in [-0.15, -0.1) is 11.8 Å². The molecule has 1 aromatic heterocycles. The fourth-order valence-electron chi connectivity index (χ4n) is 2.92. The summed E-state index contributed by atoms with van der Waals surface area (Å²) in [7, 11) is 0. The standard InChI is InChI=1S/C17H18Cl2N2OS/c1-11-15-4-3-7-20(15)8-9-21(11)17(22)12(2)23-16-10-13(18)5-6-14(16)19/h3-7,10-12H,8-9H2,1-2H3. The molecular weight excluding hydrogens is 351 g/mol. The number of hydrogen-bond acceptors (Lipinski definition) is 2. The average Bonchev–Trinajstić information content (AvgIpc) is 3.00. The van der Waals surface area contributed by atoms with Crippen molar-refractivity contribution >= 4 is 40.9 Å². The van der Waals surface area contributed by atoms with Crippen molar-refractivity contribution in [2.75, 3.05) is 6.54 Å². The van der Waals surface area contributed by atoms with Gasteiger partial charge in [-0.1, -0.05) is 23.2 Å². The van der Waals surface area contributed by atoms with Crippen LogP contribution in [0.4, 0.5) is 0 Å². The molecule has 0 saturated heterocycles. The second-order valence-electron chi connectivity index (χ2n) is 5.67. The van der Waals surface area contributed by atoms with Gasteiger partial charge < -0.3 is 9.47 Å². The fourth-order valence-corrected chi connectivity index (χ4v) is 4.40. The van der Waals surface area contributed by atoms with Crippen LogP contribution in [0.3, 0.4) is 0 Å². The molecule has 2 unspecified atom stereocenters. The third kappa shape index (κ3) is 3.39. The topological polar surface area (TPSA) is 25.2 Å². The zero-order valence-electron chi connectivity index (χ0n) is 13.0. The van der Waals surface area contributed by atoms with Crippen molar-refractivity contribution in [3.05, 3.63) is 52.3 Å². The zero-order chi connectivity index (χ0) is 16.6. The van der Waals surface area contributed by atoms with Gasteiger partial charge in [0.25, 0.3) is 0 Å². The van der Waals surface area contributed by atoms with Crippen LogP contribution < -0.4 is 0 Å². The predicted molar refractivity (Wildman–Crippen MR) is 96.3 cm³/mol. The Balaban J connectivity index is 1.74. The summed E-state index contributed by atoms with van der Waals surface area (Å²) in [6.07, 6.45) is 2.07. The highest BCUT2D eigenvalue weighted by molar-refractivity contribution is 8.00. The molecular formula is C17H18Cl2N2OS. The second kappa shape index (κ2) is 6.80. The summed E-state index contributed by atoms with van der Waals surface area (Å²) in [6.45, 7) is 5.57. The number of nitrogens with zero attached hydrogens (tertiary/aromatic N) is 2.